The Hall–Kier alpha value is -0.690. The lowest BCUT2D eigenvalue weighted by Crippen LogP contribution is -2.02. The van der Waals surface area contributed by atoms with Crippen molar-refractivity contribution in [2.24, 2.45) is 0 Å². The first-order chi connectivity index (χ1) is 6.10. The second-order valence-electron chi connectivity index (χ2n) is 2.31. The van der Waals surface area contributed by atoms with Crippen LogP contribution in [0.25, 0.3) is 0 Å². The van der Waals surface area contributed by atoms with Crippen LogP contribution in [0, 0.1) is 0 Å². The lowest BCUT2D eigenvalue weighted by atomic mass is 10.8. The fraction of sp³-hybridized carbons (Fsp3) is 0.667. The lowest BCUT2D eigenvalue weighted by molar-refractivity contribution is 0.595. The minimum Gasteiger partial charge on any atom is -0.360 e. The third-order valence-corrected chi connectivity index (χ3v) is 4.44. The maximum absolute atomic E-state index is 11.3. The van der Waals surface area contributed by atoms with Crippen LogP contribution in [0.1, 0.15) is 13.8 Å². The van der Waals surface area contributed by atoms with Gasteiger partial charge in [0.05, 0.1) is 5.75 Å². The van der Waals surface area contributed by atoms with Crippen LogP contribution in [-0.4, -0.2) is 30.9 Å². The second kappa shape index (κ2) is 4.01. The normalized spacial score (nSPS) is 11.5. The average molecular weight is 221 g/mol. The number of aromatic nitrogens is 2. The average Bonchev–Trinajstić information content (AvgIpc) is 2.54. The zero-order valence-electron chi connectivity index (χ0n) is 7.44. The summed E-state index contributed by atoms with van der Waals surface area (Å²) < 4.78 is 22.7. The summed E-state index contributed by atoms with van der Waals surface area (Å²) in [7, 11) is -3.19. The Morgan fingerprint density at radius 2 is 2.08 bits per heavy atom. The molecule has 5 nitrogen and oxygen atoms in total. The predicted octanol–water partition coefficient (Wildman–Crippen LogP) is 0.763. The van der Waals surface area contributed by atoms with Crippen molar-refractivity contribution in [3.63, 3.8) is 0 Å². The zero-order chi connectivity index (χ0) is 9.90. The number of nitrogens with one attached hydrogen (secondary N) is 1. The van der Waals surface area contributed by atoms with Crippen LogP contribution in [0.5, 0.6) is 0 Å². The van der Waals surface area contributed by atoms with Gasteiger partial charge in [-0.1, -0.05) is 18.3 Å². The molecule has 0 spiro atoms. The summed E-state index contributed by atoms with van der Waals surface area (Å²) in [5, 5.41) is 10.7. The topological polar surface area (TPSA) is 72.0 Å². The van der Waals surface area contributed by atoms with E-state index in [1.165, 1.54) is 0 Å². The Morgan fingerprint density at radius 1 is 1.38 bits per heavy atom. The van der Waals surface area contributed by atoms with Gasteiger partial charge in [-0.15, -0.1) is 10.2 Å². The Balaban J connectivity index is 2.92. The van der Waals surface area contributed by atoms with Crippen molar-refractivity contribution in [2.45, 2.75) is 18.2 Å². The molecule has 0 amide bonds. The highest BCUT2D eigenvalue weighted by molar-refractivity contribution is 7.93. The van der Waals surface area contributed by atoms with Crippen LogP contribution in [0.3, 0.4) is 0 Å². The SMILES string of the molecule is CCNc1nnc(S(=O)(=O)CC)s1. The van der Waals surface area contributed by atoms with Crippen LogP contribution < -0.4 is 5.32 Å². The molecule has 0 aliphatic carbocycles. The van der Waals surface area contributed by atoms with Crippen molar-refractivity contribution in [1.82, 2.24) is 10.2 Å². The Labute approximate surface area is 81.1 Å². The summed E-state index contributed by atoms with van der Waals surface area (Å²) in [5.41, 5.74) is 0. The molecule has 1 rings (SSSR count). The molecule has 0 radical (unpaired) electrons. The van der Waals surface area contributed by atoms with Crippen molar-refractivity contribution in [3.05, 3.63) is 0 Å². The highest BCUT2D eigenvalue weighted by Crippen LogP contribution is 2.20. The third-order valence-electron chi connectivity index (χ3n) is 1.38. The van der Waals surface area contributed by atoms with Gasteiger partial charge in [-0.2, -0.15) is 0 Å². The van der Waals surface area contributed by atoms with Gasteiger partial charge in [0.15, 0.2) is 0 Å². The molecular formula is C6H11N3O2S2. The van der Waals surface area contributed by atoms with Crippen LogP contribution in [0.2, 0.25) is 0 Å². The highest BCUT2D eigenvalue weighted by Gasteiger charge is 2.17. The van der Waals surface area contributed by atoms with E-state index >= 15 is 0 Å². The molecule has 1 heterocycles. The molecule has 0 unspecified atom stereocenters. The van der Waals surface area contributed by atoms with E-state index in [4.69, 9.17) is 0 Å². The summed E-state index contributed by atoms with van der Waals surface area (Å²) in [6.45, 7) is 4.21. The van der Waals surface area contributed by atoms with Gasteiger partial charge in [0.1, 0.15) is 0 Å². The van der Waals surface area contributed by atoms with Crippen LogP contribution >= 0.6 is 11.3 Å². The molecule has 13 heavy (non-hydrogen) atoms. The maximum atomic E-state index is 11.3. The first-order valence-corrected chi connectivity index (χ1v) is 6.37. The van der Waals surface area contributed by atoms with E-state index in [0.717, 1.165) is 11.3 Å². The third kappa shape index (κ3) is 2.38. The molecule has 1 aromatic rings. The van der Waals surface area contributed by atoms with Crippen molar-refractivity contribution in [2.75, 3.05) is 17.6 Å². The molecule has 0 fully saturated rings. The molecule has 0 aliphatic heterocycles. The number of sulfone groups is 1. The van der Waals surface area contributed by atoms with Crippen molar-refractivity contribution in [3.8, 4) is 0 Å². The predicted molar refractivity (Wildman–Crippen MR) is 51.8 cm³/mol. The van der Waals surface area contributed by atoms with E-state index in [-0.39, 0.29) is 10.1 Å². The van der Waals surface area contributed by atoms with E-state index in [1.807, 2.05) is 6.92 Å². The van der Waals surface area contributed by atoms with Crippen LogP contribution in [0.15, 0.2) is 4.34 Å². The van der Waals surface area contributed by atoms with E-state index in [0.29, 0.717) is 11.7 Å². The van der Waals surface area contributed by atoms with Crippen molar-refractivity contribution in [1.29, 1.82) is 0 Å². The largest absolute Gasteiger partial charge is 0.360 e. The molecule has 1 N–H and O–H groups in total. The molecule has 7 heteroatoms. The monoisotopic (exact) mass is 221 g/mol. The maximum Gasteiger partial charge on any atom is 0.234 e. The lowest BCUT2D eigenvalue weighted by Gasteiger charge is -1.92. The van der Waals surface area contributed by atoms with Gasteiger partial charge in [0, 0.05) is 6.54 Å². The Bertz CT molecular complexity index is 371. The molecule has 0 bridgehead atoms. The summed E-state index contributed by atoms with van der Waals surface area (Å²) in [6.07, 6.45) is 0. The van der Waals surface area contributed by atoms with Crippen molar-refractivity contribution < 1.29 is 8.42 Å². The highest BCUT2D eigenvalue weighted by atomic mass is 32.2. The molecular weight excluding hydrogens is 210 g/mol. The van der Waals surface area contributed by atoms with Crippen molar-refractivity contribution >= 4 is 26.3 Å². The minimum absolute atomic E-state index is 0.0633. The van der Waals surface area contributed by atoms with E-state index in [9.17, 15) is 8.42 Å². The smallest absolute Gasteiger partial charge is 0.234 e. The summed E-state index contributed by atoms with van der Waals surface area (Å²) in [4.78, 5) is 0. The first kappa shape index (κ1) is 10.4. The summed E-state index contributed by atoms with van der Waals surface area (Å²) in [6, 6.07) is 0. The minimum atomic E-state index is -3.19. The van der Waals surface area contributed by atoms with Gasteiger partial charge in [-0.3, -0.25) is 0 Å². The van der Waals surface area contributed by atoms with E-state index in [2.05, 4.69) is 15.5 Å². The van der Waals surface area contributed by atoms with E-state index in [1.54, 1.807) is 6.92 Å². The number of hydrogen-bond donors (Lipinski definition) is 1. The first-order valence-electron chi connectivity index (χ1n) is 3.90. The van der Waals surface area contributed by atoms with Gasteiger partial charge in [-0.05, 0) is 6.92 Å². The number of rotatable bonds is 4. The summed E-state index contributed by atoms with van der Waals surface area (Å²) >= 11 is 1.07. The molecule has 1 aromatic heterocycles. The molecule has 0 atom stereocenters. The summed E-state index contributed by atoms with van der Waals surface area (Å²) in [5.74, 6) is 0.0633. The van der Waals surface area contributed by atoms with Crippen LogP contribution in [-0.2, 0) is 9.84 Å². The fourth-order valence-electron chi connectivity index (χ4n) is 0.682. The Morgan fingerprint density at radius 3 is 2.62 bits per heavy atom. The molecule has 0 saturated carbocycles. The van der Waals surface area contributed by atoms with Gasteiger partial charge < -0.3 is 5.32 Å². The zero-order valence-corrected chi connectivity index (χ0v) is 9.07. The van der Waals surface area contributed by atoms with Gasteiger partial charge >= 0.3 is 0 Å². The number of hydrogen-bond acceptors (Lipinski definition) is 6. The second-order valence-corrected chi connectivity index (χ2v) is 5.74. The molecule has 0 aromatic carbocycles. The fourth-order valence-corrected chi connectivity index (χ4v) is 2.74. The quantitative estimate of drug-likeness (QED) is 0.812. The van der Waals surface area contributed by atoms with Gasteiger partial charge in [0.25, 0.3) is 0 Å². The number of anilines is 1. The molecule has 74 valence electrons. The van der Waals surface area contributed by atoms with Gasteiger partial charge in [-0.25, -0.2) is 8.42 Å². The number of nitrogens with zero attached hydrogens (tertiary/aromatic N) is 2. The van der Waals surface area contributed by atoms with E-state index < -0.39 is 9.84 Å². The standard InChI is InChI=1S/C6H11N3O2S2/c1-3-7-5-8-9-6(12-5)13(10,11)4-2/h3-4H2,1-2H3,(H,7,8). The van der Waals surface area contributed by atoms with Crippen LogP contribution in [0.4, 0.5) is 5.13 Å². The Kier molecular flexibility index (Phi) is 3.21. The molecule has 0 aliphatic rings. The molecule has 0 saturated heterocycles. The van der Waals surface area contributed by atoms with Gasteiger partial charge in [0.2, 0.25) is 19.3 Å².